The first-order valence-corrected chi connectivity index (χ1v) is 5.61. The predicted molar refractivity (Wildman–Crippen MR) is 58.2 cm³/mol. The van der Waals surface area contributed by atoms with Crippen LogP contribution in [0, 0.1) is 0 Å². The molecule has 1 aromatic heterocycles. The number of aliphatic carboxylic acids is 1. The van der Waals surface area contributed by atoms with E-state index in [0.717, 1.165) is 5.01 Å². The lowest BCUT2D eigenvalue weighted by molar-refractivity contribution is -0.136. The summed E-state index contributed by atoms with van der Waals surface area (Å²) in [5.41, 5.74) is 0.407. The van der Waals surface area contributed by atoms with Gasteiger partial charge in [-0.3, -0.25) is 4.79 Å². The molecule has 0 aliphatic rings. The van der Waals surface area contributed by atoms with E-state index in [4.69, 9.17) is 10.2 Å². The zero-order chi connectivity index (χ0) is 11.5. The van der Waals surface area contributed by atoms with Gasteiger partial charge >= 0.3 is 5.97 Å². The molecule has 0 saturated carbocycles. The molecule has 0 aliphatic heterocycles. The van der Waals surface area contributed by atoms with Gasteiger partial charge in [0.1, 0.15) is 0 Å². The van der Waals surface area contributed by atoms with Crippen molar-refractivity contribution in [2.45, 2.75) is 32.1 Å². The first-order chi connectivity index (χ1) is 6.95. The van der Waals surface area contributed by atoms with E-state index in [-0.39, 0.29) is 18.4 Å². The van der Waals surface area contributed by atoms with E-state index in [1.54, 1.807) is 5.38 Å². The zero-order valence-corrected chi connectivity index (χ0v) is 9.67. The van der Waals surface area contributed by atoms with Crippen molar-refractivity contribution in [3.05, 3.63) is 16.1 Å². The van der Waals surface area contributed by atoms with Crippen LogP contribution >= 0.6 is 11.3 Å². The molecule has 4 nitrogen and oxygen atoms in total. The lowest BCUT2D eigenvalue weighted by Gasteiger charge is -2.20. The topological polar surface area (TPSA) is 70.4 Å². The molecule has 15 heavy (non-hydrogen) atoms. The number of thiazole rings is 1. The molecule has 0 unspecified atom stereocenters. The van der Waals surface area contributed by atoms with Crippen LogP contribution in [-0.2, 0) is 16.6 Å². The summed E-state index contributed by atoms with van der Waals surface area (Å²) in [6, 6.07) is 0. The first-order valence-electron chi connectivity index (χ1n) is 4.73. The minimum absolute atomic E-state index is 0.0360. The molecule has 2 N–H and O–H groups in total. The van der Waals surface area contributed by atoms with Gasteiger partial charge in [-0.15, -0.1) is 11.3 Å². The second-order valence-electron chi connectivity index (χ2n) is 4.07. The van der Waals surface area contributed by atoms with Crippen molar-refractivity contribution in [3.63, 3.8) is 0 Å². The maximum Gasteiger partial charge on any atom is 0.309 e. The Kier molecular flexibility index (Phi) is 3.82. The van der Waals surface area contributed by atoms with Crippen LogP contribution in [-0.4, -0.2) is 27.8 Å². The van der Waals surface area contributed by atoms with E-state index >= 15 is 0 Å². The van der Waals surface area contributed by atoms with E-state index in [1.807, 2.05) is 13.8 Å². The molecule has 5 heteroatoms. The van der Waals surface area contributed by atoms with Gasteiger partial charge in [-0.2, -0.15) is 0 Å². The molecule has 0 fully saturated rings. The van der Waals surface area contributed by atoms with Crippen molar-refractivity contribution in [2.75, 3.05) is 6.61 Å². The van der Waals surface area contributed by atoms with Gasteiger partial charge in [0.25, 0.3) is 0 Å². The average Bonchev–Trinajstić information content (AvgIpc) is 2.51. The number of aliphatic hydroxyl groups excluding tert-OH is 1. The molecule has 0 saturated heterocycles. The van der Waals surface area contributed by atoms with Crippen molar-refractivity contribution >= 4 is 17.3 Å². The fraction of sp³-hybridized carbons (Fsp3) is 0.600. The normalized spacial score (nSPS) is 11.7. The quantitative estimate of drug-likeness (QED) is 0.801. The molecule has 0 atom stereocenters. The third-order valence-corrected chi connectivity index (χ3v) is 3.46. The van der Waals surface area contributed by atoms with Gasteiger partial charge < -0.3 is 10.2 Å². The molecule has 1 heterocycles. The van der Waals surface area contributed by atoms with Gasteiger partial charge in [-0.25, -0.2) is 4.98 Å². The standard InChI is InChI=1S/C10H15NO3S/c1-10(2,3-4-12)9-11-7(6-15-9)5-8(13)14/h6,12H,3-5H2,1-2H3,(H,13,14). The van der Waals surface area contributed by atoms with E-state index in [1.165, 1.54) is 11.3 Å². The van der Waals surface area contributed by atoms with Crippen LogP contribution in [0.15, 0.2) is 5.38 Å². The summed E-state index contributed by atoms with van der Waals surface area (Å²) in [4.78, 5) is 14.7. The number of aliphatic hydroxyl groups is 1. The molecule has 0 aromatic carbocycles. The molecule has 1 aromatic rings. The van der Waals surface area contributed by atoms with Crippen LogP contribution in [0.4, 0.5) is 0 Å². The number of carbonyl (C=O) groups is 1. The number of carboxylic acids is 1. The Balaban J connectivity index is 2.78. The predicted octanol–water partition coefficient (Wildman–Crippen LogP) is 1.43. The fourth-order valence-electron chi connectivity index (χ4n) is 1.24. The number of nitrogens with zero attached hydrogens (tertiary/aromatic N) is 1. The molecule has 84 valence electrons. The summed E-state index contributed by atoms with van der Waals surface area (Å²) >= 11 is 1.45. The van der Waals surface area contributed by atoms with Crippen molar-refractivity contribution in [1.82, 2.24) is 4.98 Å². The lowest BCUT2D eigenvalue weighted by atomic mass is 9.91. The Morgan fingerprint density at radius 3 is 2.80 bits per heavy atom. The van der Waals surface area contributed by atoms with Gasteiger partial charge in [0.15, 0.2) is 0 Å². The summed E-state index contributed by atoms with van der Waals surface area (Å²) in [6.07, 6.45) is 0.596. The van der Waals surface area contributed by atoms with Crippen LogP contribution in [0.3, 0.4) is 0 Å². The monoisotopic (exact) mass is 229 g/mol. The van der Waals surface area contributed by atoms with Crippen LogP contribution in [0.2, 0.25) is 0 Å². The first kappa shape index (κ1) is 12.1. The van der Waals surface area contributed by atoms with Gasteiger partial charge in [0, 0.05) is 17.4 Å². The van der Waals surface area contributed by atoms with Crippen LogP contribution in [0.25, 0.3) is 0 Å². The van der Waals surface area contributed by atoms with Crippen molar-refractivity contribution in [1.29, 1.82) is 0 Å². The molecular formula is C10H15NO3S. The number of hydrogen-bond acceptors (Lipinski definition) is 4. The van der Waals surface area contributed by atoms with Gasteiger partial charge in [0.2, 0.25) is 0 Å². The Morgan fingerprint density at radius 1 is 1.60 bits per heavy atom. The highest BCUT2D eigenvalue weighted by Crippen LogP contribution is 2.29. The Morgan fingerprint density at radius 2 is 2.27 bits per heavy atom. The van der Waals surface area contributed by atoms with Crippen LogP contribution < -0.4 is 0 Å². The zero-order valence-electron chi connectivity index (χ0n) is 8.86. The van der Waals surface area contributed by atoms with E-state index < -0.39 is 5.97 Å². The average molecular weight is 229 g/mol. The summed E-state index contributed by atoms with van der Waals surface area (Å²) in [6.45, 7) is 4.10. The van der Waals surface area contributed by atoms with Crippen molar-refractivity contribution in [2.24, 2.45) is 0 Å². The maximum absolute atomic E-state index is 10.5. The lowest BCUT2D eigenvalue weighted by Crippen LogP contribution is -2.18. The highest BCUT2D eigenvalue weighted by Gasteiger charge is 2.23. The maximum atomic E-state index is 10.5. The summed E-state index contributed by atoms with van der Waals surface area (Å²) < 4.78 is 0. The molecule has 0 bridgehead atoms. The minimum Gasteiger partial charge on any atom is -0.481 e. The summed E-state index contributed by atoms with van der Waals surface area (Å²) in [7, 11) is 0. The molecule has 0 amide bonds. The highest BCUT2D eigenvalue weighted by molar-refractivity contribution is 7.09. The molecule has 0 aliphatic carbocycles. The number of carboxylic acid groups (broad SMARTS) is 1. The Hall–Kier alpha value is -0.940. The highest BCUT2D eigenvalue weighted by atomic mass is 32.1. The largest absolute Gasteiger partial charge is 0.481 e. The van der Waals surface area contributed by atoms with Gasteiger partial charge in [0.05, 0.1) is 17.1 Å². The van der Waals surface area contributed by atoms with Gasteiger partial charge in [-0.05, 0) is 6.42 Å². The second kappa shape index (κ2) is 4.72. The summed E-state index contributed by atoms with van der Waals surface area (Å²) in [5.74, 6) is -0.869. The number of hydrogen-bond donors (Lipinski definition) is 2. The molecule has 0 radical (unpaired) electrons. The fourth-order valence-corrected chi connectivity index (χ4v) is 2.22. The third-order valence-electron chi connectivity index (χ3n) is 2.20. The number of rotatable bonds is 5. The van der Waals surface area contributed by atoms with Crippen molar-refractivity contribution in [3.8, 4) is 0 Å². The third kappa shape index (κ3) is 3.28. The van der Waals surface area contributed by atoms with Crippen molar-refractivity contribution < 1.29 is 15.0 Å². The smallest absolute Gasteiger partial charge is 0.309 e. The Bertz CT molecular complexity index is 346. The molecular weight excluding hydrogens is 214 g/mol. The van der Waals surface area contributed by atoms with Gasteiger partial charge in [-0.1, -0.05) is 13.8 Å². The molecule has 1 rings (SSSR count). The SMILES string of the molecule is CC(C)(CCO)c1nc(CC(=O)O)cs1. The van der Waals surface area contributed by atoms with Crippen LogP contribution in [0.1, 0.15) is 31.0 Å². The second-order valence-corrected chi connectivity index (χ2v) is 4.93. The minimum atomic E-state index is -0.869. The Labute approximate surface area is 92.6 Å². The molecule has 0 spiro atoms. The summed E-state index contributed by atoms with van der Waals surface area (Å²) in [5, 5.41) is 20.2. The van der Waals surface area contributed by atoms with E-state index in [9.17, 15) is 4.79 Å². The van der Waals surface area contributed by atoms with E-state index in [0.29, 0.717) is 12.1 Å². The van der Waals surface area contributed by atoms with E-state index in [2.05, 4.69) is 4.98 Å². The van der Waals surface area contributed by atoms with Crippen LogP contribution in [0.5, 0.6) is 0 Å². The number of aromatic nitrogens is 1.